The van der Waals surface area contributed by atoms with Crippen molar-refractivity contribution in [1.29, 1.82) is 0 Å². The van der Waals surface area contributed by atoms with Crippen molar-refractivity contribution < 1.29 is 4.79 Å². The highest BCUT2D eigenvalue weighted by atomic mass is 16.2. The Kier molecular flexibility index (Phi) is 3.34. The molecule has 3 N–H and O–H groups in total. The van der Waals surface area contributed by atoms with Crippen molar-refractivity contribution in [2.24, 2.45) is 5.73 Å². The van der Waals surface area contributed by atoms with Crippen molar-refractivity contribution in [1.82, 2.24) is 9.55 Å². The summed E-state index contributed by atoms with van der Waals surface area (Å²) in [7, 11) is 0. The number of primary amides is 1. The van der Waals surface area contributed by atoms with E-state index in [1.54, 1.807) is 48.5 Å². The summed E-state index contributed by atoms with van der Waals surface area (Å²) in [6.45, 7) is 0.123. The Morgan fingerprint density at radius 2 is 1.73 bits per heavy atom. The molecule has 0 saturated heterocycles. The highest BCUT2D eigenvalue weighted by Crippen LogP contribution is 2.06. The molecule has 0 bridgehead atoms. The zero-order valence-corrected chi connectivity index (χ0v) is 11.6. The number of rotatable bonds is 3. The molecule has 6 heteroatoms. The van der Waals surface area contributed by atoms with Gasteiger partial charge in [0.15, 0.2) is 0 Å². The second-order valence-electron chi connectivity index (χ2n) is 4.93. The molecule has 0 atom stereocenters. The Balaban J connectivity index is 2.05. The first kappa shape index (κ1) is 13.8. The summed E-state index contributed by atoms with van der Waals surface area (Å²) >= 11 is 0. The lowest BCUT2D eigenvalue weighted by atomic mass is 10.1. The van der Waals surface area contributed by atoms with E-state index >= 15 is 0 Å². The third-order valence-corrected chi connectivity index (χ3v) is 3.47. The average Bonchev–Trinajstić information content (AvgIpc) is 2.52. The molecule has 1 heterocycles. The lowest BCUT2D eigenvalue weighted by Gasteiger charge is -2.07. The number of carbonyl (C=O) groups is 1. The first-order valence-electron chi connectivity index (χ1n) is 6.67. The topological polar surface area (TPSA) is 97.9 Å². The summed E-state index contributed by atoms with van der Waals surface area (Å²) in [5.41, 5.74) is 5.98. The maximum Gasteiger partial charge on any atom is 0.329 e. The smallest absolute Gasteiger partial charge is 0.329 e. The minimum atomic E-state index is -0.521. The Bertz CT molecular complexity index is 968. The predicted octanol–water partition coefficient (Wildman–Crippen LogP) is 0.837. The number of fused-ring (bicyclic) bond motifs is 1. The van der Waals surface area contributed by atoms with E-state index in [2.05, 4.69) is 4.98 Å². The van der Waals surface area contributed by atoms with Crippen LogP contribution in [-0.4, -0.2) is 15.5 Å². The number of aromatic nitrogens is 2. The minimum Gasteiger partial charge on any atom is -0.366 e. The van der Waals surface area contributed by atoms with Crippen molar-refractivity contribution in [2.75, 3.05) is 0 Å². The molecule has 6 nitrogen and oxygen atoms in total. The zero-order valence-electron chi connectivity index (χ0n) is 11.6. The standard InChI is InChI=1S/C16H13N3O3/c17-14(20)11-7-5-10(6-8-11)9-19-15(21)12-3-1-2-4-13(12)18-16(19)22/h1-8H,9H2,(H2,17,20)(H,18,22). The van der Waals surface area contributed by atoms with Crippen LogP contribution in [0.2, 0.25) is 0 Å². The number of hydrogen-bond acceptors (Lipinski definition) is 3. The molecule has 0 fully saturated rings. The van der Waals surface area contributed by atoms with E-state index in [1.165, 1.54) is 0 Å². The van der Waals surface area contributed by atoms with Gasteiger partial charge >= 0.3 is 5.69 Å². The molecule has 0 radical (unpaired) electrons. The molecule has 0 aliphatic carbocycles. The van der Waals surface area contributed by atoms with Crippen LogP contribution < -0.4 is 17.0 Å². The van der Waals surface area contributed by atoms with E-state index in [0.29, 0.717) is 16.5 Å². The summed E-state index contributed by atoms with van der Waals surface area (Å²) in [6.07, 6.45) is 0. The van der Waals surface area contributed by atoms with Gasteiger partial charge in [0.2, 0.25) is 5.91 Å². The fourth-order valence-corrected chi connectivity index (χ4v) is 2.30. The van der Waals surface area contributed by atoms with Crippen LogP contribution in [0.4, 0.5) is 0 Å². The summed E-state index contributed by atoms with van der Waals surface area (Å²) in [5.74, 6) is -0.521. The van der Waals surface area contributed by atoms with Gasteiger partial charge in [0, 0.05) is 5.56 Å². The molecular weight excluding hydrogens is 282 g/mol. The molecule has 3 rings (SSSR count). The van der Waals surface area contributed by atoms with Gasteiger partial charge in [-0.3, -0.25) is 14.2 Å². The van der Waals surface area contributed by atoms with Crippen molar-refractivity contribution >= 4 is 16.8 Å². The Morgan fingerprint density at radius 3 is 2.41 bits per heavy atom. The average molecular weight is 295 g/mol. The van der Waals surface area contributed by atoms with Crippen LogP contribution in [0.25, 0.3) is 10.9 Å². The molecule has 0 unspecified atom stereocenters. The third kappa shape index (κ3) is 2.42. The lowest BCUT2D eigenvalue weighted by Crippen LogP contribution is -2.35. The van der Waals surface area contributed by atoms with Gasteiger partial charge in [0.25, 0.3) is 5.56 Å². The summed E-state index contributed by atoms with van der Waals surface area (Å²) in [4.78, 5) is 38.2. The Morgan fingerprint density at radius 1 is 1.05 bits per heavy atom. The molecule has 0 spiro atoms. The van der Waals surface area contributed by atoms with Crippen LogP contribution in [0.15, 0.2) is 58.1 Å². The number of H-pyrrole nitrogens is 1. The van der Waals surface area contributed by atoms with Crippen LogP contribution in [0.3, 0.4) is 0 Å². The SMILES string of the molecule is NC(=O)c1ccc(Cn2c(=O)[nH]c3ccccc3c2=O)cc1. The monoisotopic (exact) mass is 295 g/mol. The van der Waals surface area contributed by atoms with Crippen molar-refractivity contribution in [3.63, 3.8) is 0 Å². The third-order valence-electron chi connectivity index (χ3n) is 3.47. The summed E-state index contributed by atoms with van der Waals surface area (Å²) < 4.78 is 1.13. The molecule has 1 amide bonds. The predicted molar refractivity (Wildman–Crippen MR) is 82.9 cm³/mol. The van der Waals surface area contributed by atoms with E-state index < -0.39 is 11.6 Å². The number of benzene rings is 2. The Hall–Kier alpha value is -3.15. The second-order valence-corrected chi connectivity index (χ2v) is 4.93. The van der Waals surface area contributed by atoms with Crippen LogP contribution in [0.5, 0.6) is 0 Å². The number of nitrogens with two attached hydrogens (primary N) is 1. The number of nitrogens with one attached hydrogen (secondary N) is 1. The molecule has 1 aromatic heterocycles. The maximum atomic E-state index is 12.4. The fraction of sp³-hybridized carbons (Fsp3) is 0.0625. The van der Waals surface area contributed by atoms with Gasteiger partial charge < -0.3 is 10.7 Å². The molecule has 22 heavy (non-hydrogen) atoms. The molecule has 110 valence electrons. The highest BCUT2D eigenvalue weighted by Gasteiger charge is 2.08. The van der Waals surface area contributed by atoms with Crippen LogP contribution in [0.1, 0.15) is 15.9 Å². The molecule has 0 saturated carbocycles. The van der Waals surface area contributed by atoms with Crippen LogP contribution >= 0.6 is 0 Å². The number of aromatic amines is 1. The first-order valence-corrected chi connectivity index (χ1v) is 6.67. The van der Waals surface area contributed by atoms with Crippen LogP contribution in [-0.2, 0) is 6.54 Å². The zero-order chi connectivity index (χ0) is 15.7. The molecular formula is C16H13N3O3. The van der Waals surface area contributed by atoms with E-state index in [9.17, 15) is 14.4 Å². The fourth-order valence-electron chi connectivity index (χ4n) is 2.30. The first-order chi connectivity index (χ1) is 10.6. The quantitative estimate of drug-likeness (QED) is 0.749. The van der Waals surface area contributed by atoms with Crippen molar-refractivity contribution in [3.05, 3.63) is 80.5 Å². The highest BCUT2D eigenvalue weighted by molar-refractivity contribution is 5.92. The normalized spacial score (nSPS) is 10.7. The van der Waals surface area contributed by atoms with Gasteiger partial charge in [-0.2, -0.15) is 0 Å². The molecule has 3 aromatic rings. The molecule has 0 aliphatic rings. The van der Waals surface area contributed by atoms with Crippen molar-refractivity contribution in [2.45, 2.75) is 6.54 Å². The molecule has 2 aromatic carbocycles. The number of carbonyl (C=O) groups excluding carboxylic acids is 1. The van der Waals surface area contributed by atoms with E-state index in [-0.39, 0.29) is 12.1 Å². The van der Waals surface area contributed by atoms with Gasteiger partial charge in [0.1, 0.15) is 0 Å². The van der Waals surface area contributed by atoms with E-state index in [1.807, 2.05) is 0 Å². The van der Waals surface area contributed by atoms with Gasteiger partial charge in [-0.25, -0.2) is 4.79 Å². The van der Waals surface area contributed by atoms with Crippen LogP contribution in [0, 0.1) is 0 Å². The van der Waals surface area contributed by atoms with Gasteiger partial charge in [-0.1, -0.05) is 24.3 Å². The van der Waals surface area contributed by atoms with Gasteiger partial charge in [-0.15, -0.1) is 0 Å². The van der Waals surface area contributed by atoms with Gasteiger partial charge in [-0.05, 0) is 29.8 Å². The summed E-state index contributed by atoms with van der Waals surface area (Å²) in [6, 6.07) is 13.3. The van der Waals surface area contributed by atoms with Gasteiger partial charge in [0.05, 0.1) is 17.4 Å². The number of nitrogens with zero attached hydrogens (tertiary/aromatic N) is 1. The van der Waals surface area contributed by atoms with E-state index in [0.717, 1.165) is 10.1 Å². The second kappa shape index (κ2) is 5.33. The number of amides is 1. The summed E-state index contributed by atoms with van der Waals surface area (Å²) in [5, 5.41) is 0.454. The van der Waals surface area contributed by atoms with Crippen molar-refractivity contribution in [3.8, 4) is 0 Å². The maximum absolute atomic E-state index is 12.4. The lowest BCUT2D eigenvalue weighted by molar-refractivity contribution is 0.100. The largest absolute Gasteiger partial charge is 0.366 e. The number of hydrogen-bond donors (Lipinski definition) is 2. The number of para-hydroxylation sites is 1. The molecule has 0 aliphatic heterocycles. The minimum absolute atomic E-state index is 0.123. The Labute approximate surface area is 124 Å². The van der Waals surface area contributed by atoms with E-state index in [4.69, 9.17) is 5.73 Å².